The highest BCUT2D eigenvalue weighted by Gasteiger charge is 2.30. The third kappa shape index (κ3) is 3.05. The van der Waals surface area contributed by atoms with Crippen molar-refractivity contribution in [1.82, 2.24) is 0 Å². The van der Waals surface area contributed by atoms with Crippen LogP contribution in [0.5, 0.6) is 0 Å². The van der Waals surface area contributed by atoms with E-state index in [1.54, 1.807) is 0 Å². The zero-order valence-electron chi connectivity index (χ0n) is 9.16. The van der Waals surface area contributed by atoms with Gasteiger partial charge in [0.05, 0.1) is 0 Å². The van der Waals surface area contributed by atoms with Crippen molar-refractivity contribution in [2.75, 3.05) is 5.33 Å². The van der Waals surface area contributed by atoms with Gasteiger partial charge in [0.1, 0.15) is 0 Å². The summed E-state index contributed by atoms with van der Waals surface area (Å²) in [5, 5.41) is 0.988. The average molecular weight is 279 g/mol. The molecule has 0 N–H and O–H groups in total. The Balaban J connectivity index is 2.01. The molecule has 0 spiro atoms. The molecule has 0 unspecified atom stereocenters. The summed E-state index contributed by atoms with van der Waals surface area (Å²) < 4.78 is 0. The molecule has 1 nitrogen and oxygen atoms in total. The topological polar surface area (TPSA) is 17.1 Å². The second kappa shape index (κ2) is 5.44. The zero-order chi connectivity index (χ0) is 11.4. The van der Waals surface area contributed by atoms with Gasteiger partial charge in [0.2, 0.25) is 0 Å². The van der Waals surface area contributed by atoms with Gasteiger partial charge in [-0.15, -0.1) is 0 Å². The van der Waals surface area contributed by atoms with Gasteiger partial charge in [0.25, 0.3) is 0 Å². The molecule has 0 aliphatic heterocycles. The van der Waals surface area contributed by atoms with Crippen LogP contribution in [0.2, 0.25) is 0 Å². The van der Waals surface area contributed by atoms with E-state index in [9.17, 15) is 4.79 Å². The fourth-order valence-electron chi connectivity index (χ4n) is 1.62. The third-order valence-corrected chi connectivity index (χ3v) is 3.19. The van der Waals surface area contributed by atoms with E-state index in [1.807, 2.05) is 24.3 Å². The molecule has 16 heavy (non-hydrogen) atoms. The second-order valence-corrected chi connectivity index (χ2v) is 4.93. The van der Waals surface area contributed by atoms with Gasteiger partial charge in [-0.1, -0.05) is 52.3 Å². The number of benzene rings is 1. The number of alkyl halides is 1. The summed E-state index contributed by atoms with van der Waals surface area (Å²) in [6, 6.07) is 7.91. The number of hydrogen-bond acceptors (Lipinski definition) is 1. The SMILES string of the molecule is O=C(c1ccc(C=CCCBr)cc1)C1CC1. The molecule has 0 aromatic heterocycles. The lowest BCUT2D eigenvalue weighted by molar-refractivity contribution is 0.0967. The average Bonchev–Trinajstić information content (AvgIpc) is 3.13. The Labute approximate surface area is 105 Å². The van der Waals surface area contributed by atoms with Gasteiger partial charge in [0.15, 0.2) is 5.78 Å². The van der Waals surface area contributed by atoms with Crippen LogP contribution in [0.15, 0.2) is 30.3 Å². The van der Waals surface area contributed by atoms with Crippen LogP contribution >= 0.6 is 15.9 Å². The predicted octanol–water partition coefficient (Wildman–Crippen LogP) is 4.08. The van der Waals surface area contributed by atoms with Crippen molar-refractivity contribution in [3.05, 3.63) is 41.5 Å². The molecular weight excluding hydrogens is 264 g/mol. The fourth-order valence-corrected chi connectivity index (χ4v) is 1.89. The van der Waals surface area contributed by atoms with E-state index in [0.29, 0.717) is 11.7 Å². The number of hydrogen-bond donors (Lipinski definition) is 0. The van der Waals surface area contributed by atoms with Crippen LogP contribution in [0.25, 0.3) is 6.08 Å². The minimum Gasteiger partial charge on any atom is -0.294 e. The summed E-state index contributed by atoms with van der Waals surface area (Å²) in [6.07, 6.45) is 7.40. The number of Topliss-reactive ketones (excluding diaryl/α,β-unsaturated/α-hetero) is 1. The summed E-state index contributed by atoms with van der Waals surface area (Å²) in [5.74, 6) is 0.630. The summed E-state index contributed by atoms with van der Waals surface area (Å²) in [4.78, 5) is 11.8. The van der Waals surface area contributed by atoms with Crippen molar-refractivity contribution in [2.24, 2.45) is 5.92 Å². The molecule has 0 amide bonds. The van der Waals surface area contributed by atoms with E-state index in [4.69, 9.17) is 0 Å². The van der Waals surface area contributed by atoms with E-state index >= 15 is 0 Å². The molecule has 1 aromatic carbocycles. The van der Waals surface area contributed by atoms with Gasteiger partial charge in [0, 0.05) is 16.8 Å². The van der Waals surface area contributed by atoms with Crippen molar-refractivity contribution in [1.29, 1.82) is 0 Å². The highest BCUT2D eigenvalue weighted by molar-refractivity contribution is 9.09. The molecule has 1 aromatic rings. The van der Waals surface area contributed by atoms with Gasteiger partial charge >= 0.3 is 0 Å². The summed E-state index contributed by atoms with van der Waals surface area (Å²) in [5.41, 5.74) is 2.02. The van der Waals surface area contributed by atoms with E-state index in [1.165, 1.54) is 0 Å². The van der Waals surface area contributed by atoms with Crippen molar-refractivity contribution in [3.8, 4) is 0 Å². The van der Waals surface area contributed by atoms with Crippen LogP contribution in [0.4, 0.5) is 0 Å². The lowest BCUT2D eigenvalue weighted by Gasteiger charge is -1.99. The van der Waals surface area contributed by atoms with Crippen LogP contribution in [-0.2, 0) is 0 Å². The van der Waals surface area contributed by atoms with Crippen molar-refractivity contribution >= 4 is 27.8 Å². The lowest BCUT2D eigenvalue weighted by atomic mass is 10.0. The van der Waals surface area contributed by atoms with Gasteiger partial charge in [-0.2, -0.15) is 0 Å². The maximum absolute atomic E-state index is 11.8. The van der Waals surface area contributed by atoms with Crippen molar-refractivity contribution < 1.29 is 4.79 Å². The smallest absolute Gasteiger partial charge is 0.165 e. The first kappa shape index (κ1) is 11.6. The van der Waals surface area contributed by atoms with Crippen LogP contribution in [0.3, 0.4) is 0 Å². The molecular formula is C14H15BrO. The molecule has 84 valence electrons. The van der Waals surface area contributed by atoms with E-state index in [2.05, 4.69) is 28.1 Å². The molecule has 1 saturated carbocycles. The molecule has 0 radical (unpaired) electrons. The number of carbonyl (C=O) groups is 1. The molecule has 0 saturated heterocycles. The largest absolute Gasteiger partial charge is 0.294 e. The Morgan fingerprint density at radius 2 is 2.00 bits per heavy atom. The number of allylic oxidation sites excluding steroid dienone is 1. The third-order valence-electron chi connectivity index (χ3n) is 2.73. The van der Waals surface area contributed by atoms with E-state index in [0.717, 1.165) is 35.7 Å². The van der Waals surface area contributed by atoms with Crippen molar-refractivity contribution in [2.45, 2.75) is 19.3 Å². The minimum atomic E-state index is 0.315. The summed E-state index contributed by atoms with van der Waals surface area (Å²) in [6.45, 7) is 0. The number of halogens is 1. The maximum Gasteiger partial charge on any atom is 0.165 e. The van der Waals surface area contributed by atoms with Crippen LogP contribution < -0.4 is 0 Å². The Kier molecular flexibility index (Phi) is 3.94. The molecule has 0 heterocycles. The highest BCUT2D eigenvalue weighted by atomic mass is 79.9. The van der Waals surface area contributed by atoms with E-state index in [-0.39, 0.29) is 0 Å². The normalized spacial score (nSPS) is 15.6. The van der Waals surface area contributed by atoms with Crippen LogP contribution in [-0.4, -0.2) is 11.1 Å². The molecule has 2 rings (SSSR count). The van der Waals surface area contributed by atoms with Crippen LogP contribution in [0, 0.1) is 5.92 Å². The first-order valence-corrected chi connectivity index (χ1v) is 6.80. The van der Waals surface area contributed by atoms with Gasteiger partial charge in [-0.25, -0.2) is 0 Å². The summed E-state index contributed by atoms with van der Waals surface area (Å²) in [7, 11) is 0. The highest BCUT2D eigenvalue weighted by Crippen LogP contribution is 2.32. The molecule has 2 heteroatoms. The first-order chi connectivity index (χ1) is 7.81. The first-order valence-electron chi connectivity index (χ1n) is 5.68. The Bertz CT molecular complexity index is 388. The Morgan fingerprint density at radius 1 is 1.31 bits per heavy atom. The standard InChI is InChI=1S/C14H15BrO/c15-10-2-1-3-11-4-6-12(7-5-11)14(16)13-8-9-13/h1,3-7,13H,2,8-10H2. The number of carbonyl (C=O) groups excluding carboxylic acids is 1. The molecule has 0 atom stereocenters. The molecule has 0 bridgehead atoms. The number of ketones is 1. The quantitative estimate of drug-likeness (QED) is 0.586. The van der Waals surface area contributed by atoms with E-state index < -0.39 is 0 Å². The Hall–Kier alpha value is -0.890. The van der Waals surface area contributed by atoms with Crippen molar-refractivity contribution in [3.63, 3.8) is 0 Å². The summed E-state index contributed by atoms with van der Waals surface area (Å²) >= 11 is 3.38. The lowest BCUT2D eigenvalue weighted by Crippen LogP contribution is -2.00. The van der Waals surface area contributed by atoms with Gasteiger partial charge in [-0.05, 0) is 24.8 Å². The van der Waals surface area contributed by atoms with Crippen LogP contribution in [0.1, 0.15) is 35.2 Å². The Morgan fingerprint density at radius 3 is 2.56 bits per heavy atom. The number of rotatable bonds is 5. The second-order valence-electron chi connectivity index (χ2n) is 4.14. The fraction of sp³-hybridized carbons (Fsp3) is 0.357. The molecule has 1 fully saturated rings. The monoisotopic (exact) mass is 278 g/mol. The predicted molar refractivity (Wildman–Crippen MR) is 70.9 cm³/mol. The molecule has 1 aliphatic rings. The zero-order valence-corrected chi connectivity index (χ0v) is 10.7. The maximum atomic E-state index is 11.8. The van der Waals surface area contributed by atoms with Gasteiger partial charge in [-0.3, -0.25) is 4.79 Å². The molecule has 1 aliphatic carbocycles. The minimum absolute atomic E-state index is 0.315. The van der Waals surface area contributed by atoms with Gasteiger partial charge < -0.3 is 0 Å².